The largest absolute Gasteiger partial charge is 0.394 e. The first-order valence-electron chi connectivity index (χ1n) is 28.6. The Balaban J connectivity index is 2.16. The van der Waals surface area contributed by atoms with Crippen molar-refractivity contribution in [3.05, 3.63) is 24.3 Å². The van der Waals surface area contributed by atoms with E-state index in [0.717, 1.165) is 38.5 Å². The summed E-state index contributed by atoms with van der Waals surface area (Å²) in [5, 5.41) is 54.4. The summed E-state index contributed by atoms with van der Waals surface area (Å²) in [6.45, 7) is 3.80. The van der Waals surface area contributed by atoms with Gasteiger partial charge in [0.15, 0.2) is 6.29 Å². The second kappa shape index (κ2) is 47.4. The first kappa shape index (κ1) is 62.7. The molecule has 0 radical (unpaired) electrons. The summed E-state index contributed by atoms with van der Waals surface area (Å²) in [5.74, 6) is -0.174. The van der Waals surface area contributed by atoms with Crippen molar-refractivity contribution in [3.8, 4) is 0 Å². The van der Waals surface area contributed by atoms with Crippen LogP contribution < -0.4 is 5.32 Å². The predicted octanol–water partition coefficient (Wildman–Crippen LogP) is 13.8. The Labute approximate surface area is 407 Å². The molecule has 9 nitrogen and oxygen atoms in total. The maximum atomic E-state index is 13.0. The number of carbonyl (C=O) groups is 1. The molecule has 6 N–H and O–H groups in total. The summed E-state index contributed by atoms with van der Waals surface area (Å²) >= 11 is 0. The van der Waals surface area contributed by atoms with E-state index in [1.807, 2.05) is 6.08 Å². The highest BCUT2D eigenvalue weighted by Crippen LogP contribution is 2.23. The van der Waals surface area contributed by atoms with Crippen LogP contribution in [0.2, 0.25) is 0 Å². The van der Waals surface area contributed by atoms with Gasteiger partial charge in [-0.25, -0.2) is 0 Å². The molecule has 1 amide bonds. The third-order valence-corrected chi connectivity index (χ3v) is 13.8. The summed E-state index contributed by atoms with van der Waals surface area (Å²) in [6, 6.07) is -0.802. The Morgan fingerprint density at radius 3 is 1.23 bits per heavy atom. The summed E-state index contributed by atoms with van der Waals surface area (Å²) in [6.07, 6.45) is 52.5. The van der Waals surface area contributed by atoms with Crippen LogP contribution in [0.25, 0.3) is 0 Å². The van der Waals surface area contributed by atoms with Gasteiger partial charge in [-0.2, -0.15) is 0 Å². The van der Waals surface area contributed by atoms with Gasteiger partial charge in [-0.05, 0) is 44.9 Å². The summed E-state index contributed by atoms with van der Waals surface area (Å²) < 4.78 is 11.3. The molecule has 1 heterocycles. The van der Waals surface area contributed by atoms with E-state index >= 15 is 0 Å². The zero-order valence-electron chi connectivity index (χ0n) is 43.2. The molecule has 0 spiro atoms. The highest BCUT2D eigenvalue weighted by molar-refractivity contribution is 5.76. The number of allylic oxidation sites excluding steroid dienone is 3. The fourth-order valence-corrected chi connectivity index (χ4v) is 9.21. The smallest absolute Gasteiger partial charge is 0.220 e. The van der Waals surface area contributed by atoms with E-state index in [9.17, 15) is 30.3 Å². The Morgan fingerprint density at radius 2 is 0.848 bits per heavy atom. The van der Waals surface area contributed by atoms with Gasteiger partial charge < -0.3 is 40.3 Å². The van der Waals surface area contributed by atoms with Crippen molar-refractivity contribution in [2.24, 2.45) is 0 Å². The first-order valence-corrected chi connectivity index (χ1v) is 28.6. The normalized spacial score (nSPS) is 19.9. The lowest BCUT2D eigenvalue weighted by Gasteiger charge is -2.40. The van der Waals surface area contributed by atoms with Crippen LogP contribution in [-0.2, 0) is 14.3 Å². The van der Waals surface area contributed by atoms with Crippen LogP contribution >= 0.6 is 0 Å². The molecule has 9 heteroatoms. The minimum Gasteiger partial charge on any atom is -0.394 e. The molecule has 390 valence electrons. The van der Waals surface area contributed by atoms with Crippen LogP contribution in [0, 0.1) is 0 Å². The monoisotopic (exact) mass is 936 g/mol. The fraction of sp³-hybridized carbons (Fsp3) is 0.912. The molecule has 0 aromatic carbocycles. The van der Waals surface area contributed by atoms with E-state index in [2.05, 4.69) is 31.3 Å². The Bertz CT molecular complexity index is 1090. The number of carbonyl (C=O) groups excluding carboxylic acids is 1. The third-order valence-electron chi connectivity index (χ3n) is 13.8. The van der Waals surface area contributed by atoms with Crippen LogP contribution in [0.15, 0.2) is 24.3 Å². The van der Waals surface area contributed by atoms with Gasteiger partial charge in [0.1, 0.15) is 24.4 Å². The molecule has 1 aliphatic heterocycles. The molecular formula is C57H109NO8. The van der Waals surface area contributed by atoms with Gasteiger partial charge in [-0.1, -0.05) is 250 Å². The number of nitrogens with one attached hydrogen (secondary N) is 1. The van der Waals surface area contributed by atoms with Crippen molar-refractivity contribution in [1.29, 1.82) is 0 Å². The second-order valence-electron chi connectivity index (χ2n) is 20.1. The molecule has 0 bridgehead atoms. The molecule has 0 aromatic rings. The molecule has 1 rings (SSSR count). The predicted molar refractivity (Wildman–Crippen MR) is 277 cm³/mol. The highest BCUT2D eigenvalue weighted by atomic mass is 16.7. The van der Waals surface area contributed by atoms with Gasteiger partial charge in [-0.3, -0.25) is 4.79 Å². The lowest BCUT2D eigenvalue weighted by Crippen LogP contribution is -2.60. The van der Waals surface area contributed by atoms with Gasteiger partial charge in [-0.15, -0.1) is 0 Å². The number of rotatable bonds is 49. The second-order valence-corrected chi connectivity index (χ2v) is 20.1. The van der Waals surface area contributed by atoms with Crippen molar-refractivity contribution in [1.82, 2.24) is 5.32 Å². The summed E-state index contributed by atoms with van der Waals surface area (Å²) in [4.78, 5) is 13.0. The van der Waals surface area contributed by atoms with E-state index in [1.165, 1.54) is 218 Å². The minimum absolute atomic E-state index is 0.174. The van der Waals surface area contributed by atoms with Gasteiger partial charge >= 0.3 is 0 Å². The highest BCUT2D eigenvalue weighted by Gasteiger charge is 2.44. The van der Waals surface area contributed by atoms with Gasteiger partial charge in [0.2, 0.25) is 5.91 Å². The van der Waals surface area contributed by atoms with E-state index in [0.29, 0.717) is 6.42 Å². The molecule has 7 unspecified atom stereocenters. The lowest BCUT2D eigenvalue weighted by molar-refractivity contribution is -0.302. The topological polar surface area (TPSA) is 149 Å². The maximum absolute atomic E-state index is 13.0. The van der Waals surface area contributed by atoms with E-state index < -0.39 is 49.5 Å². The average molecular weight is 936 g/mol. The van der Waals surface area contributed by atoms with Crippen molar-refractivity contribution < 1.29 is 39.8 Å². The van der Waals surface area contributed by atoms with Crippen molar-refractivity contribution >= 4 is 5.91 Å². The summed E-state index contributed by atoms with van der Waals surface area (Å²) in [5.41, 5.74) is 0. The zero-order chi connectivity index (χ0) is 48.0. The molecular weight excluding hydrogens is 827 g/mol. The molecule has 7 atom stereocenters. The number of aliphatic hydroxyl groups is 5. The van der Waals surface area contributed by atoms with Gasteiger partial charge in [0, 0.05) is 6.42 Å². The number of hydrogen-bond donors (Lipinski definition) is 6. The number of aliphatic hydroxyl groups excluding tert-OH is 5. The summed E-state index contributed by atoms with van der Waals surface area (Å²) in [7, 11) is 0. The lowest BCUT2D eigenvalue weighted by atomic mass is 9.99. The molecule has 0 saturated carbocycles. The molecule has 0 aromatic heterocycles. The van der Waals surface area contributed by atoms with Crippen LogP contribution in [0.5, 0.6) is 0 Å². The van der Waals surface area contributed by atoms with Gasteiger partial charge in [0.05, 0.1) is 25.4 Å². The van der Waals surface area contributed by atoms with Crippen molar-refractivity contribution in [3.63, 3.8) is 0 Å². The van der Waals surface area contributed by atoms with E-state index in [1.54, 1.807) is 6.08 Å². The molecule has 0 aliphatic carbocycles. The van der Waals surface area contributed by atoms with E-state index in [-0.39, 0.29) is 12.5 Å². The maximum Gasteiger partial charge on any atom is 0.220 e. The fourth-order valence-electron chi connectivity index (χ4n) is 9.21. The minimum atomic E-state index is -1.56. The van der Waals surface area contributed by atoms with E-state index in [4.69, 9.17) is 9.47 Å². The number of ether oxygens (including phenoxy) is 2. The zero-order valence-corrected chi connectivity index (χ0v) is 43.2. The Hall–Kier alpha value is -1.33. The van der Waals surface area contributed by atoms with Gasteiger partial charge in [0.25, 0.3) is 0 Å². The Morgan fingerprint density at radius 1 is 0.500 bits per heavy atom. The SMILES string of the molecule is CCCCCCCCCCCCCC/C=C\CCCCCCCCCCCCCCCC(=O)NC(COC1OC(CO)C(O)C(O)C1O)C(O)/C=C/CCCCCCCCCCCCCC. The molecule has 1 fully saturated rings. The van der Waals surface area contributed by atoms with Crippen LogP contribution in [0.4, 0.5) is 0 Å². The van der Waals surface area contributed by atoms with Crippen molar-refractivity contribution in [2.75, 3.05) is 13.2 Å². The van der Waals surface area contributed by atoms with Crippen LogP contribution in [-0.4, -0.2) is 87.5 Å². The number of unbranched alkanes of at least 4 members (excludes halogenated alkanes) is 37. The quantitative estimate of drug-likeness (QED) is 0.0261. The number of hydrogen-bond acceptors (Lipinski definition) is 8. The average Bonchev–Trinajstić information content (AvgIpc) is 3.32. The third kappa shape index (κ3) is 36.6. The van der Waals surface area contributed by atoms with Crippen LogP contribution in [0.3, 0.4) is 0 Å². The molecule has 66 heavy (non-hydrogen) atoms. The number of amides is 1. The molecule has 1 saturated heterocycles. The van der Waals surface area contributed by atoms with Crippen LogP contribution in [0.1, 0.15) is 277 Å². The first-order chi connectivity index (χ1) is 32.3. The molecule has 1 aliphatic rings. The Kier molecular flexibility index (Phi) is 45.0. The standard InChI is InChI=1S/C57H109NO8/c1-3-5-7-9-11-13-15-17-19-20-21-22-23-24-25-26-27-28-29-30-31-32-33-35-37-39-41-43-45-47-53(61)58-50(49-65-57-56(64)55(63)54(62)52(48-59)66-57)51(60)46-44-42-40-38-36-34-18-16-14-12-10-8-6-4-2/h24-25,44,46,50-52,54-57,59-60,62-64H,3-23,26-43,45,47-49H2,1-2H3,(H,58,61)/b25-24-,46-44+. The van der Waals surface area contributed by atoms with Crippen molar-refractivity contribution in [2.45, 2.75) is 320 Å².